The number of carbonyl (C=O) groups excluding carboxylic acids is 1. The third-order valence-electron chi connectivity index (χ3n) is 5.40. The average molecular weight is 552 g/mol. The second-order valence-electron chi connectivity index (χ2n) is 7.34. The summed E-state index contributed by atoms with van der Waals surface area (Å²) in [6.45, 7) is 3.61. The van der Waals surface area contributed by atoms with Gasteiger partial charge in [0.25, 0.3) is 0 Å². The van der Waals surface area contributed by atoms with E-state index in [1.165, 1.54) is 0 Å². The number of guanidine groups is 1. The first kappa shape index (κ1) is 25.9. The van der Waals surface area contributed by atoms with Crippen LogP contribution in [0.25, 0.3) is 0 Å². The van der Waals surface area contributed by atoms with Crippen molar-refractivity contribution >= 4 is 35.8 Å². The minimum Gasteiger partial charge on any atom is -0.496 e. The van der Waals surface area contributed by atoms with Crippen molar-refractivity contribution in [2.24, 2.45) is 4.99 Å². The molecule has 32 heavy (non-hydrogen) atoms. The third-order valence-corrected chi connectivity index (χ3v) is 5.40. The number of benzene rings is 2. The van der Waals surface area contributed by atoms with E-state index in [-0.39, 0.29) is 35.8 Å². The van der Waals surface area contributed by atoms with Crippen molar-refractivity contribution in [2.75, 3.05) is 53.6 Å². The number of hydrogen-bond donors (Lipinski definition) is 2. The Balaban J connectivity index is 0.00000363. The van der Waals surface area contributed by atoms with Crippen molar-refractivity contribution < 1.29 is 14.3 Å². The Kier molecular flexibility index (Phi) is 11.3. The molecule has 1 aliphatic heterocycles. The van der Waals surface area contributed by atoms with Crippen LogP contribution in [0.15, 0.2) is 59.6 Å². The fourth-order valence-corrected chi connectivity index (χ4v) is 3.68. The normalized spacial score (nSPS) is 14.8. The number of carbonyl (C=O) groups is 1. The molecule has 0 aliphatic carbocycles. The van der Waals surface area contributed by atoms with Gasteiger partial charge in [-0.2, -0.15) is 0 Å². The van der Waals surface area contributed by atoms with Crippen molar-refractivity contribution in [1.82, 2.24) is 15.5 Å². The van der Waals surface area contributed by atoms with Gasteiger partial charge < -0.3 is 25.0 Å². The number of aliphatic imine (C=N–C) groups is 1. The Labute approximate surface area is 207 Å². The number of methoxy groups -OCH3 is 1. The van der Waals surface area contributed by atoms with Gasteiger partial charge in [-0.1, -0.05) is 48.5 Å². The summed E-state index contributed by atoms with van der Waals surface area (Å²) < 4.78 is 10.8. The molecule has 1 fully saturated rings. The molecule has 8 heteroatoms. The van der Waals surface area contributed by atoms with Crippen molar-refractivity contribution in [1.29, 1.82) is 0 Å². The van der Waals surface area contributed by atoms with E-state index in [9.17, 15) is 4.79 Å². The summed E-state index contributed by atoms with van der Waals surface area (Å²) >= 11 is 0. The molecule has 1 unspecified atom stereocenters. The van der Waals surface area contributed by atoms with Crippen LogP contribution in [0.4, 0.5) is 0 Å². The summed E-state index contributed by atoms with van der Waals surface area (Å²) in [5.41, 5.74) is 2.13. The van der Waals surface area contributed by atoms with Gasteiger partial charge in [-0.25, -0.2) is 0 Å². The molecular formula is C24H33IN4O3. The number of nitrogens with zero attached hydrogens (tertiary/aromatic N) is 2. The molecule has 2 aromatic rings. The largest absolute Gasteiger partial charge is 0.496 e. The van der Waals surface area contributed by atoms with Crippen LogP contribution in [-0.4, -0.2) is 70.3 Å². The predicted octanol–water partition coefficient (Wildman–Crippen LogP) is 2.66. The fourth-order valence-electron chi connectivity index (χ4n) is 3.68. The second-order valence-corrected chi connectivity index (χ2v) is 7.34. The molecule has 7 nitrogen and oxygen atoms in total. The number of nitrogens with one attached hydrogen (secondary N) is 2. The van der Waals surface area contributed by atoms with Crippen molar-refractivity contribution in [3.63, 3.8) is 0 Å². The van der Waals surface area contributed by atoms with Gasteiger partial charge in [-0.3, -0.25) is 9.79 Å². The molecule has 2 aromatic carbocycles. The zero-order valence-corrected chi connectivity index (χ0v) is 21.1. The number of ether oxygens (including phenoxy) is 2. The van der Waals surface area contributed by atoms with E-state index in [2.05, 4.69) is 21.7 Å². The van der Waals surface area contributed by atoms with Gasteiger partial charge >= 0.3 is 0 Å². The molecular weight excluding hydrogens is 519 g/mol. The lowest BCUT2D eigenvalue weighted by atomic mass is 9.97. The third kappa shape index (κ3) is 7.37. The highest BCUT2D eigenvalue weighted by molar-refractivity contribution is 14.0. The molecule has 1 heterocycles. The molecule has 2 N–H and O–H groups in total. The Bertz CT molecular complexity index is 857. The fraction of sp³-hybridized carbons (Fsp3) is 0.417. The molecule has 0 saturated carbocycles. The van der Waals surface area contributed by atoms with Crippen LogP contribution >= 0.6 is 24.0 Å². The first-order chi connectivity index (χ1) is 15.2. The van der Waals surface area contributed by atoms with E-state index in [1.807, 2.05) is 53.4 Å². The number of amides is 1. The van der Waals surface area contributed by atoms with Gasteiger partial charge in [0, 0.05) is 33.2 Å². The van der Waals surface area contributed by atoms with Crippen LogP contribution in [0.5, 0.6) is 5.75 Å². The van der Waals surface area contributed by atoms with Gasteiger partial charge in [-0.15, -0.1) is 24.0 Å². The Morgan fingerprint density at radius 1 is 1.09 bits per heavy atom. The smallest absolute Gasteiger partial charge is 0.232 e. The van der Waals surface area contributed by atoms with Crippen LogP contribution in [0.3, 0.4) is 0 Å². The van der Waals surface area contributed by atoms with E-state index in [1.54, 1.807) is 14.2 Å². The minimum absolute atomic E-state index is 0. The monoisotopic (exact) mass is 552 g/mol. The zero-order chi connectivity index (χ0) is 21.9. The number of para-hydroxylation sites is 1. The maximum absolute atomic E-state index is 13.2. The molecule has 0 bridgehead atoms. The van der Waals surface area contributed by atoms with Crippen LogP contribution < -0.4 is 15.4 Å². The molecule has 3 rings (SSSR count). The van der Waals surface area contributed by atoms with Crippen molar-refractivity contribution in [3.05, 3.63) is 65.7 Å². The lowest BCUT2D eigenvalue weighted by Gasteiger charge is -2.31. The van der Waals surface area contributed by atoms with Gasteiger partial charge in [-0.05, 0) is 23.6 Å². The van der Waals surface area contributed by atoms with E-state index in [0.717, 1.165) is 23.3 Å². The average Bonchev–Trinajstić information content (AvgIpc) is 2.84. The summed E-state index contributed by atoms with van der Waals surface area (Å²) in [7, 11) is 3.42. The maximum Gasteiger partial charge on any atom is 0.232 e. The molecule has 1 aliphatic rings. The first-order valence-corrected chi connectivity index (χ1v) is 10.7. The number of rotatable bonds is 8. The van der Waals surface area contributed by atoms with Crippen molar-refractivity contribution in [3.8, 4) is 5.75 Å². The summed E-state index contributed by atoms with van der Waals surface area (Å²) in [4.78, 5) is 19.4. The quantitative estimate of drug-likeness (QED) is 0.300. The molecule has 1 saturated heterocycles. The summed E-state index contributed by atoms with van der Waals surface area (Å²) in [5.74, 6) is 1.39. The van der Waals surface area contributed by atoms with E-state index >= 15 is 0 Å². The molecule has 0 spiro atoms. The topological polar surface area (TPSA) is 75.2 Å². The van der Waals surface area contributed by atoms with E-state index < -0.39 is 0 Å². The standard InChI is InChI=1S/C24H32N4O3.HI/c1-25-24(26-13-12-20-10-6-7-11-22(20)30-2)27-18-21(19-8-4-3-5-9-19)23(29)28-14-16-31-17-15-28;/h3-11,21H,12-18H2,1-2H3,(H2,25,26,27);1H. The van der Waals surface area contributed by atoms with Gasteiger partial charge in [0.15, 0.2) is 5.96 Å². The van der Waals surface area contributed by atoms with Crippen LogP contribution in [0.2, 0.25) is 0 Å². The summed E-state index contributed by atoms with van der Waals surface area (Å²) in [5, 5.41) is 6.66. The lowest BCUT2D eigenvalue weighted by Crippen LogP contribution is -2.47. The van der Waals surface area contributed by atoms with Gasteiger partial charge in [0.05, 0.1) is 26.2 Å². The Morgan fingerprint density at radius 2 is 1.78 bits per heavy atom. The number of halogens is 1. The van der Waals surface area contributed by atoms with Crippen LogP contribution in [0, 0.1) is 0 Å². The molecule has 0 radical (unpaired) electrons. The van der Waals surface area contributed by atoms with Crippen molar-refractivity contribution in [2.45, 2.75) is 12.3 Å². The highest BCUT2D eigenvalue weighted by Gasteiger charge is 2.27. The van der Waals surface area contributed by atoms with Crippen LogP contribution in [0.1, 0.15) is 17.0 Å². The summed E-state index contributed by atoms with van der Waals surface area (Å²) in [6, 6.07) is 17.9. The molecule has 174 valence electrons. The lowest BCUT2D eigenvalue weighted by molar-refractivity contribution is -0.136. The predicted molar refractivity (Wildman–Crippen MR) is 138 cm³/mol. The minimum atomic E-state index is -0.285. The van der Waals surface area contributed by atoms with E-state index in [0.29, 0.717) is 45.4 Å². The Morgan fingerprint density at radius 3 is 2.47 bits per heavy atom. The molecule has 1 atom stereocenters. The number of morpholine rings is 1. The zero-order valence-electron chi connectivity index (χ0n) is 18.8. The first-order valence-electron chi connectivity index (χ1n) is 10.7. The second kappa shape index (κ2) is 13.9. The SMILES string of the molecule is CN=C(NCCc1ccccc1OC)NCC(C(=O)N1CCOCC1)c1ccccc1.I. The summed E-state index contributed by atoms with van der Waals surface area (Å²) in [6.07, 6.45) is 0.805. The maximum atomic E-state index is 13.2. The van der Waals surface area contributed by atoms with E-state index in [4.69, 9.17) is 9.47 Å². The highest BCUT2D eigenvalue weighted by Crippen LogP contribution is 2.19. The molecule has 1 amide bonds. The Hall–Kier alpha value is -2.33. The van der Waals surface area contributed by atoms with Crippen LogP contribution in [-0.2, 0) is 16.0 Å². The highest BCUT2D eigenvalue weighted by atomic mass is 127. The molecule has 0 aromatic heterocycles. The van der Waals surface area contributed by atoms with Gasteiger partial charge in [0.1, 0.15) is 5.75 Å². The van der Waals surface area contributed by atoms with Gasteiger partial charge in [0.2, 0.25) is 5.91 Å². The number of hydrogen-bond acceptors (Lipinski definition) is 4.